The van der Waals surface area contributed by atoms with Crippen molar-refractivity contribution in [2.75, 3.05) is 13.2 Å². The number of hydrogen-bond donors (Lipinski definition) is 0. The van der Waals surface area contributed by atoms with Gasteiger partial charge in [-0.1, -0.05) is 379 Å². The van der Waals surface area contributed by atoms with Gasteiger partial charge in [-0.2, -0.15) is 0 Å². The van der Waals surface area contributed by atoms with E-state index in [1.165, 1.54) is 315 Å². The third-order valence-corrected chi connectivity index (χ3v) is 17.2. The highest BCUT2D eigenvalue weighted by Gasteiger charge is 2.19. The van der Waals surface area contributed by atoms with E-state index in [0.29, 0.717) is 19.3 Å². The summed E-state index contributed by atoms with van der Waals surface area (Å²) in [6.07, 6.45) is 88.7. The van der Waals surface area contributed by atoms with E-state index in [1.807, 2.05) is 0 Å². The molecule has 82 heavy (non-hydrogen) atoms. The molecule has 0 aromatic heterocycles. The summed E-state index contributed by atoms with van der Waals surface area (Å²) in [5.41, 5.74) is 0. The minimum absolute atomic E-state index is 0.0655. The van der Waals surface area contributed by atoms with Crippen LogP contribution in [0, 0.1) is 0 Å². The number of hydrogen-bond acceptors (Lipinski definition) is 6. The Kier molecular flexibility index (Phi) is 69.5. The number of carbonyl (C=O) groups excluding carboxylic acids is 3. The SMILES string of the molecule is CCCCCCC/C=C\C/C=C\CCCCCCCCCCCCCCCCCC(=O)OC(COC(=O)CCCCCCC)COC(=O)CCCCCCCCCCCCCCCCCCCCCCCCCCCCCCCCCC. The van der Waals surface area contributed by atoms with Crippen molar-refractivity contribution < 1.29 is 28.6 Å². The Bertz CT molecular complexity index is 1320. The molecule has 0 aliphatic heterocycles. The second kappa shape index (κ2) is 71.4. The molecule has 484 valence electrons. The minimum Gasteiger partial charge on any atom is -0.462 e. The summed E-state index contributed by atoms with van der Waals surface area (Å²) in [5, 5.41) is 0. The normalized spacial score (nSPS) is 12.1. The molecule has 0 aromatic rings. The van der Waals surface area contributed by atoms with Crippen molar-refractivity contribution in [3.63, 3.8) is 0 Å². The van der Waals surface area contributed by atoms with Gasteiger partial charge < -0.3 is 14.2 Å². The lowest BCUT2D eigenvalue weighted by molar-refractivity contribution is -0.167. The van der Waals surface area contributed by atoms with Crippen LogP contribution in [0.1, 0.15) is 425 Å². The standard InChI is InChI=1S/C76H144O6/c1-4-7-10-13-15-17-19-21-23-25-27-29-31-33-35-36-37-38-39-41-42-44-46-48-50-52-54-56-58-60-63-66-69-75(78)81-72-73(71-80-74(77)68-65-62-12-9-6-3)82-76(79)70-67-64-61-59-57-55-53-51-49-47-45-43-40-34-32-30-28-26-24-22-20-18-16-14-11-8-5-2/h20,22,26,28,73H,4-19,21,23-25,27,29-72H2,1-3H3/b22-20-,28-26-. The zero-order valence-electron chi connectivity index (χ0n) is 55.8. The van der Waals surface area contributed by atoms with Gasteiger partial charge in [-0.05, 0) is 51.4 Å². The molecule has 0 N–H and O–H groups in total. The van der Waals surface area contributed by atoms with Crippen molar-refractivity contribution in [1.82, 2.24) is 0 Å². The molecular formula is C76H144O6. The third kappa shape index (κ3) is 68.7. The molecule has 0 rings (SSSR count). The van der Waals surface area contributed by atoms with Gasteiger partial charge in [-0.25, -0.2) is 0 Å². The predicted octanol–water partition coefficient (Wildman–Crippen LogP) is 25.7. The smallest absolute Gasteiger partial charge is 0.306 e. The third-order valence-electron chi connectivity index (χ3n) is 17.2. The number of carbonyl (C=O) groups is 3. The Balaban J connectivity index is 3.88. The maximum atomic E-state index is 12.9. The van der Waals surface area contributed by atoms with E-state index in [0.717, 1.165) is 70.6 Å². The second-order valence-electron chi connectivity index (χ2n) is 25.6. The molecule has 0 aromatic carbocycles. The van der Waals surface area contributed by atoms with Crippen LogP contribution in [0.2, 0.25) is 0 Å². The van der Waals surface area contributed by atoms with Gasteiger partial charge in [-0.15, -0.1) is 0 Å². The fourth-order valence-electron chi connectivity index (χ4n) is 11.6. The van der Waals surface area contributed by atoms with E-state index >= 15 is 0 Å². The van der Waals surface area contributed by atoms with E-state index in [2.05, 4.69) is 45.1 Å². The van der Waals surface area contributed by atoms with Crippen LogP contribution in [0.4, 0.5) is 0 Å². The summed E-state index contributed by atoms with van der Waals surface area (Å²) in [6.45, 7) is 6.63. The maximum absolute atomic E-state index is 12.9. The van der Waals surface area contributed by atoms with Gasteiger partial charge in [0.2, 0.25) is 0 Å². The van der Waals surface area contributed by atoms with Crippen LogP contribution < -0.4 is 0 Å². The van der Waals surface area contributed by atoms with E-state index in [9.17, 15) is 14.4 Å². The monoisotopic (exact) mass is 1150 g/mol. The lowest BCUT2D eigenvalue weighted by Gasteiger charge is -2.18. The summed E-state index contributed by atoms with van der Waals surface area (Å²) in [6, 6.07) is 0. The minimum atomic E-state index is -0.765. The van der Waals surface area contributed by atoms with Crippen LogP contribution in [-0.4, -0.2) is 37.2 Å². The molecule has 6 heteroatoms. The Morgan fingerprint density at radius 2 is 0.439 bits per heavy atom. The molecule has 6 nitrogen and oxygen atoms in total. The fourth-order valence-corrected chi connectivity index (χ4v) is 11.6. The van der Waals surface area contributed by atoms with Crippen molar-refractivity contribution >= 4 is 17.9 Å². The quantitative estimate of drug-likeness (QED) is 0.0261. The van der Waals surface area contributed by atoms with Gasteiger partial charge in [0.05, 0.1) is 0 Å². The average Bonchev–Trinajstić information content (AvgIpc) is 3.47. The molecule has 0 saturated carbocycles. The van der Waals surface area contributed by atoms with E-state index in [1.54, 1.807) is 0 Å². The Labute approximate surface area is 513 Å². The van der Waals surface area contributed by atoms with Crippen molar-refractivity contribution in [3.05, 3.63) is 24.3 Å². The number of unbranched alkanes of at least 4 members (excludes halogenated alkanes) is 55. The molecular weight excluding hydrogens is 1010 g/mol. The highest BCUT2D eigenvalue weighted by molar-refractivity contribution is 5.71. The van der Waals surface area contributed by atoms with Crippen LogP contribution >= 0.6 is 0 Å². The number of rotatable bonds is 70. The lowest BCUT2D eigenvalue weighted by Crippen LogP contribution is -2.30. The second-order valence-corrected chi connectivity index (χ2v) is 25.6. The average molecular weight is 1150 g/mol. The molecule has 0 spiro atoms. The van der Waals surface area contributed by atoms with E-state index < -0.39 is 6.10 Å². The van der Waals surface area contributed by atoms with Crippen LogP contribution in [0.3, 0.4) is 0 Å². The first kappa shape index (κ1) is 79.9. The van der Waals surface area contributed by atoms with Gasteiger partial charge >= 0.3 is 17.9 Å². The van der Waals surface area contributed by atoms with Crippen molar-refractivity contribution in [1.29, 1.82) is 0 Å². The predicted molar refractivity (Wildman–Crippen MR) is 358 cm³/mol. The molecule has 0 amide bonds. The lowest BCUT2D eigenvalue weighted by atomic mass is 10.0. The topological polar surface area (TPSA) is 78.9 Å². The van der Waals surface area contributed by atoms with Crippen LogP contribution in [-0.2, 0) is 28.6 Å². The maximum Gasteiger partial charge on any atom is 0.306 e. The Morgan fingerprint density at radius 3 is 0.671 bits per heavy atom. The van der Waals surface area contributed by atoms with E-state index in [-0.39, 0.29) is 31.1 Å². The molecule has 0 saturated heterocycles. The van der Waals surface area contributed by atoms with Gasteiger partial charge in [0.1, 0.15) is 13.2 Å². The van der Waals surface area contributed by atoms with E-state index in [4.69, 9.17) is 14.2 Å². The van der Waals surface area contributed by atoms with Crippen molar-refractivity contribution in [2.45, 2.75) is 431 Å². The largest absolute Gasteiger partial charge is 0.462 e. The summed E-state index contributed by atoms with van der Waals surface area (Å²) in [4.78, 5) is 38.1. The van der Waals surface area contributed by atoms with Gasteiger partial charge in [0.25, 0.3) is 0 Å². The first-order valence-corrected chi connectivity index (χ1v) is 37.3. The molecule has 0 aliphatic rings. The first-order chi connectivity index (χ1) is 40.5. The number of esters is 3. The van der Waals surface area contributed by atoms with Crippen LogP contribution in [0.25, 0.3) is 0 Å². The highest BCUT2D eigenvalue weighted by atomic mass is 16.6. The van der Waals surface area contributed by atoms with Crippen molar-refractivity contribution in [3.8, 4) is 0 Å². The zero-order chi connectivity index (χ0) is 59.2. The molecule has 0 radical (unpaired) electrons. The van der Waals surface area contributed by atoms with Crippen LogP contribution in [0.15, 0.2) is 24.3 Å². The van der Waals surface area contributed by atoms with Crippen molar-refractivity contribution in [2.24, 2.45) is 0 Å². The number of ether oxygens (including phenoxy) is 3. The first-order valence-electron chi connectivity index (χ1n) is 37.3. The van der Waals surface area contributed by atoms with Gasteiger partial charge in [0.15, 0.2) is 6.10 Å². The summed E-state index contributed by atoms with van der Waals surface area (Å²) in [5.74, 6) is -0.851. The molecule has 0 fully saturated rings. The Morgan fingerprint density at radius 1 is 0.244 bits per heavy atom. The molecule has 1 unspecified atom stereocenters. The molecule has 0 aliphatic carbocycles. The summed E-state index contributed by atoms with van der Waals surface area (Å²) >= 11 is 0. The fraction of sp³-hybridized carbons (Fsp3) is 0.908. The van der Waals surface area contributed by atoms with Gasteiger partial charge in [0, 0.05) is 19.3 Å². The molecule has 0 bridgehead atoms. The Hall–Kier alpha value is -2.11. The summed E-state index contributed by atoms with van der Waals surface area (Å²) in [7, 11) is 0. The highest BCUT2D eigenvalue weighted by Crippen LogP contribution is 2.19. The molecule has 0 heterocycles. The van der Waals surface area contributed by atoms with Gasteiger partial charge in [-0.3, -0.25) is 14.4 Å². The molecule has 1 atom stereocenters. The number of allylic oxidation sites excluding steroid dienone is 4. The van der Waals surface area contributed by atoms with Crippen LogP contribution in [0.5, 0.6) is 0 Å². The summed E-state index contributed by atoms with van der Waals surface area (Å²) < 4.78 is 16.8. The zero-order valence-corrected chi connectivity index (χ0v) is 55.8.